The molecule has 0 bridgehead atoms. The van der Waals surface area contributed by atoms with Gasteiger partial charge in [-0.1, -0.05) is 29.3 Å². The molecule has 0 aliphatic heterocycles. The molecule has 0 saturated carbocycles. The number of carbonyl (C=O) groups is 1. The SMILES string of the molecule is NC(=O)c1ccc(CNc2cc(Cl)ccc2F)c(Cl)c1. The zero-order valence-electron chi connectivity index (χ0n) is 10.3. The largest absolute Gasteiger partial charge is 0.379 e. The predicted molar refractivity (Wildman–Crippen MR) is 78.7 cm³/mol. The highest BCUT2D eigenvalue weighted by Crippen LogP contribution is 2.22. The fourth-order valence-corrected chi connectivity index (χ4v) is 2.09. The van der Waals surface area contributed by atoms with Crippen LogP contribution in [-0.2, 0) is 6.54 Å². The van der Waals surface area contributed by atoms with Gasteiger partial charge in [0.15, 0.2) is 0 Å². The summed E-state index contributed by atoms with van der Waals surface area (Å²) >= 11 is 11.8. The van der Waals surface area contributed by atoms with Crippen molar-refractivity contribution in [2.45, 2.75) is 6.54 Å². The van der Waals surface area contributed by atoms with Crippen LogP contribution in [0.5, 0.6) is 0 Å². The van der Waals surface area contributed by atoms with E-state index in [1.807, 2.05) is 0 Å². The van der Waals surface area contributed by atoms with E-state index in [0.29, 0.717) is 22.2 Å². The first-order valence-electron chi connectivity index (χ1n) is 5.74. The smallest absolute Gasteiger partial charge is 0.248 e. The van der Waals surface area contributed by atoms with Gasteiger partial charge in [-0.2, -0.15) is 0 Å². The molecule has 3 nitrogen and oxygen atoms in total. The van der Waals surface area contributed by atoms with Crippen LogP contribution in [0.15, 0.2) is 36.4 Å². The fourth-order valence-electron chi connectivity index (χ4n) is 1.67. The highest BCUT2D eigenvalue weighted by atomic mass is 35.5. The van der Waals surface area contributed by atoms with Crippen LogP contribution in [0.1, 0.15) is 15.9 Å². The minimum Gasteiger partial charge on any atom is -0.379 e. The molecule has 1 amide bonds. The first kappa shape index (κ1) is 14.6. The van der Waals surface area contributed by atoms with E-state index in [0.717, 1.165) is 5.56 Å². The number of carbonyl (C=O) groups excluding carboxylic acids is 1. The summed E-state index contributed by atoms with van der Waals surface area (Å²) < 4.78 is 13.5. The molecule has 6 heteroatoms. The molecule has 104 valence electrons. The third-order valence-electron chi connectivity index (χ3n) is 2.74. The molecule has 0 heterocycles. The number of halogens is 3. The lowest BCUT2D eigenvalue weighted by atomic mass is 10.1. The second-order valence-electron chi connectivity index (χ2n) is 4.15. The van der Waals surface area contributed by atoms with Crippen LogP contribution in [0.3, 0.4) is 0 Å². The molecule has 2 aromatic rings. The Bertz CT molecular complexity index is 662. The molecule has 0 aromatic heterocycles. The van der Waals surface area contributed by atoms with Crippen molar-refractivity contribution in [3.8, 4) is 0 Å². The molecule has 2 rings (SSSR count). The Labute approximate surface area is 125 Å². The van der Waals surface area contributed by atoms with Crippen molar-refractivity contribution in [1.29, 1.82) is 0 Å². The normalized spacial score (nSPS) is 10.3. The van der Waals surface area contributed by atoms with Gasteiger partial charge in [0.2, 0.25) is 5.91 Å². The van der Waals surface area contributed by atoms with Gasteiger partial charge >= 0.3 is 0 Å². The zero-order chi connectivity index (χ0) is 14.7. The first-order valence-corrected chi connectivity index (χ1v) is 6.50. The van der Waals surface area contributed by atoms with Gasteiger partial charge in [0.25, 0.3) is 0 Å². The average molecular weight is 313 g/mol. The molecule has 2 aromatic carbocycles. The molecule has 0 saturated heterocycles. The van der Waals surface area contributed by atoms with Crippen LogP contribution in [0.25, 0.3) is 0 Å². The standard InChI is InChI=1S/C14H11Cl2FN2O/c15-10-3-4-12(17)13(6-10)19-7-9-2-1-8(14(18)20)5-11(9)16/h1-6,19H,7H2,(H2,18,20). The Kier molecular flexibility index (Phi) is 4.47. The van der Waals surface area contributed by atoms with Crippen LogP contribution in [0, 0.1) is 5.82 Å². The number of nitrogens with two attached hydrogens (primary N) is 1. The Balaban J connectivity index is 2.15. The molecule has 0 fully saturated rings. The van der Waals surface area contributed by atoms with Crippen LogP contribution in [-0.4, -0.2) is 5.91 Å². The van der Waals surface area contributed by atoms with Crippen LogP contribution in [0.4, 0.5) is 10.1 Å². The highest BCUT2D eigenvalue weighted by molar-refractivity contribution is 6.31. The number of benzene rings is 2. The molecular formula is C14H11Cl2FN2O. The van der Waals surface area contributed by atoms with E-state index >= 15 is 0 Å². The van der Waals surface area contributed by atoms with Gasteiger partial charge < -0.3 is 11.1 Å². The van der Waals surface area contributed by atoms with Crippen LogP contribution < -0.4 is 11.1 Å². The van der Waals surface area contributed by atoms with Crippen LogP contribution >= 0.6 is 23.2 Å². The lowest BCUT2D eigenvalue weighted by molar-refractivity contribution is 0.100. The lowest BCUT2D eigenvalue weighted by Crippen LogP contribution is -2.11. The minimum absolute atomic E-state index is 0.285. The number of anilines is 1. The van der Waals surface area contributed by atoms with E-state index in [9.17, 15) is 9.18 Å². The molecule has 0 spiro atoms. The third kappa shape index (κ3) is 3.40. The highest BCUT2D eigenvalue weighted by Gasteiger charge is 2.07. The van der Waals surface area contributed by atoms with E-state index in [2.05, 4.69) is 5.32 Å². The quantitative estimate of drug-likeness (QED) is 0.901. The van der Waals surface area contributed by atoms with Gasteiger partial charge in [-0.25, -0.2) is 4.39 Å². The van der Waals surface area contributed by atoms with E-state index in [1.54, 1.807) is 12.1 Å². The summed E-state index contributed by atoms with van der Waals surface area (Å²) in [7, 11) is 0. The van der Waals surface area contributed by atoms with Gasteiger partial charge in [0.05, 0.1) is 5.69 Å². The maximum absolute atomic E-state index is 13.5. The molecule has 0 atom stereocenters. The van der Waals surface area contributed by atoms with E-state index in [1.165, 1.54) is 24.3 Å². The topological polar surface area (TPSA) is 55.1 Å². The second kappa shape index (κ2) is 6.11. The summed E-state index contributed by atoms with van der Waals surface area (Å²) in [6, 6.07) is 8.95. The maximum Gasteiger partial charge on any atom is 0.248 e. The molecule has 0 aliphatic carbocycles. The third-order valence-corrected chi connectivity index (χ3v) is 3.32. The van der Waals surface area contributed by atoms with E-state index in [-0.39, 0.29) is 5.69 Å². The Morgan fingerprint density at radius 3 is 2.60 bits per heavy atom. The number of primary amides is 1. The van der Waals surface area contributed by atoms with Gasteiger partial charge in [-0.15, -0.1) is 0 Å². The van der Waals surface area contributed by atoms with E-state index in [4.69, 9.17) is 28.9 Å². The summed E-state index contributed by atoms with van der Waals surface area (Å²) in [6.45, 7) is 0.301. The van der Waals surface area contributed by atoms with Crippen molar-refractivity contribution in [2.24, 2.45) is 5.73 Å². The van der Waals surface area contributed by atoms with E-state index < -0.39 is 11.7 Å². The van der Waals surface area contributed by atoms with Crippen molar-refractivity contribution in [3.63, 3.8) is 0 Å². The van der Waals surface area contributed by atoms with Crippen molar-refractivity contribution >= 4 is 34.8 Å². The Morgan fingerprint density at radius 1 is 1.20 bits per heavy atom. The van der Waals surface area contributed by atoms with Crippen molar-refractivity contribution in [1.82, 2.24) is 0 Å². The van der Waals surface area contributed by atoms with Crippen LogP contribution in [0.2, 0.25) is 10.0 Å². The van der Waals surface area contributed by atoms with Crippen molar-refractivity contribution < 1.29 is 9.18 Å². The summed E-state index contributed by atoms with van der Waals surface area (Å²) in [6.07, 6.45) is 0. The Hall–Kier alpha value is -1.78. The van der Waals surface area contributed by atoms with Gasteiger partial charge in [-0.3, -0.25) is 4.79 Å². The maximum atomic E-state index is 13.5. The summed E-state index contributed by atoms with van der Waals surface area (Å²) in [5.41, 5.74) is 6.49. The molecule has 0 radical (unpaired) electrons. The molecule has 3 N–H and O–H groups in total. The average Bonchev–Trinajstić information content (AvgIpc) is 2.40. The van der Waals surface area contributed by atoms with Gasteiger partial charge in [0.1, 0.15) is 5.82 Å². The lowest BCUT2D eigenvalue weighted by Gasteiger charge is -2.10. The number of rotatable bonds is 4. The monoisotopic (exact) mass is 312 g/mol. The molecular weight excluding hydrogens is 302 g/mol. The van der Waals surface area contributed by atoms with Crippen molar-refractivity contribution in [2.75, 3.05) is 5.32 Å². The molecule has 0 unspecified atom stereocenters. The van der Waals surface area contributed by atoms with Gasteiger partial charge in [0, 0.05) is 22.2 Å². The van der Waals surface area contributed by atoms with Gasteiger partial charge in [-0.05, 0) is 35.9 Å². The number of hydrogen-bond donors (Lipinski definition) is 2. The molecule has 0 aliphatic rings. The number of nitrogens with one attached hydrogen (secondary N) is 1. The molecule has 20 heavy (non-hydrogen) atoms. The summed E-state index contributed by atoms with van der Waals surface area (Å²) in [4.78, 5) is 11.0. The minimum atomic E-state index is -0.549. The summed E-state index contributed by atoms with van der Waals surface area (Å²) in [5.74, 6) is -0.952. The Morgan fingerprint density at radius 2 is 1.95 bits per heavy atom. The summed E-state index contributed by atoms with van der Waals surface area (Å²) in [5, 5.41) is 3.72. The second-order valence-corrected chi connectivity index (χ2v) is 4.99. The number of amides is 1. The first-order chi connectivity index (χ1) is 9.47. The zero-order valence-corrected chi connectivity index (χ0v) is 11.8. The predicted octanol–water partition coefficient (Wildman–Crippen LogP) is 3.84. The number of hydrogen-bond acceptors (Lipinski definition) is 2. The fraction of sp³-hybridized carbons (Fsp3) is 0.0714. The van der Waals surface area contributed by atoms with Crippen molar-refractivity contribution in [3.05, 3.63) is 63.4 Å².